The van der Waals surface area contributed by atoms with Crippen LogP contribution in [0.3, 0.4) is 0 Å². The normalized spacial score (nSPS) is 11.4. The van der Waals surface area contributed by atoms with E-state index in [9.17, 15) is 0 Å². The van der Waals surface area contributed by atoms with E-state index in [0.29, 0.717) is 51.5 Å². The minimum absolute atomic E-state index is 0.406. The van der Waals surface area contributed by atoms with Gasteiger partial charge in [0.25, 0.3) is 0 Å². The first kappa shape index (κ1) is 43.8. The van der Waals surface area contributed by atoms with E-state index in [2.05, 4.69) is 61.2 Å². The predicted molar refractivity (Wildman–Crippen MR) is 287 cm³/mol. The summed E-state index contributed by atoms with van der Waals surface area (Å²) in [5, 5.41) is 62.5. The third-order valence-electron chi connectivity index (χ3n) is 12.6. The Hall–Kier alpha value is -11.2. The fourth-order valence-corrected chi connectivity index (χ4v) is 9.04. The monoisotopic (exact) mass is 981 g/mol. The lowest BCUT2D eigenvalue weighted by Gasteiger charge is -2.03. The van der Waals surface area contributed by atoms with Crippen LogP contribution in [0, 0.1) is 0 Å². The van der Waals surface area contributed by atoms with Crippen molar-refractivity contribution in [1.82, 2.24) is 90.0 Å². The van der Waals surface area contributed by atoms with Crippen LogP contribution in [0.15, 0.2) is 182 Å². The van der Waals surface area contributed by atoms with Crippen LogP contribution in [-0.4, -0.2) is 90.0 Å². The minimum atomic E-state index is 0.406. The Morgan fingerprint density at radius 3 is 0.893 bits per heavy atom. The molecule has 0 atom stereocenters. The summed E-state index contributed by atoms with van der Waals surface area (Å²) in [7, 11) is 0. The van der Waals surface area contributed by atoms with E-state index in [1.165, 1.54) is 0 Å². The maximum atomic E-state index is 5.93. The summed E-state index contributed by atoms with van der Waals surface area (Å²) < 4.78 is 5.55. The zero-order valence-electron chi connectivity index (χ0n) is 39.3. The molecule has 360 valence electrons. The van der Waals surface area contributed by atoms with Crippen molar-refractivity contribution in [3.05, 3.63) is 182 Å². The number of rotatable bonds is 6. The van der Waals surface area contributed by atoms with Crippen molar-refractivity contribution in [3.63, 3.8) is 0 Å². The molecule has 15 aromatic rings. The molecule has 0 unspecified atom stereocenters. The van der Waals surface area contributed by atoms with Crippen molar-refractivity contribution in [1.29, 1.82) is 0 Å². The first-order valence-corrected chi connectivity index (χ1v) is 23.4. The highest BCUT2D eigenvalue weighted by atomic mass is 15.3. The van der Waals surface area contributed by atoms with Gasteiger partial charge in [0, 0.05) is 35.3 Å². The molecule has 0 aliphatic rings. The van der Waals surface area contributed by atoms with E-state index >= 15 is 0 Å². The van der Waals surface area contributed by atoms with E-state index in [4.69, 9.17) is 32.5 Å². The Morgan fingerprint density at radius 2 is 0.600 bits per heavy atom. The smallest absolute Gasteiger partial charge is 0.180 e. The van der Waals surface area contributed by atoms with Crippen LogP contribution in [0.5, 0.6) is 0 Å². The molecule has 0 bridgehead atoms. The second-order valence-electron chi connectivity index (χ2n) is 17.2. The average Bonchev–Trinajstić information content (AvgIpc) is 4.35. The highest BCUT2D eigenvalue weighted by Crippen LogP contribution is 2.38. The second kappa shape index (κ2) is 18.2. The number of fused-ring (bicyclic) bond motifs is 6. The number of aromatic amines is 3. The maximum absolute atomic E-state index is 5.93. The molecule has 3 aromatic carbocycles. The van der Waals surface area contributed by atoms with Gasteiger partial charge in [0.15, 0.2) is 34.4 Å². The Kier molecular flexibility index (Phi) is 10.6. The van der Waals surface area contributed by atoms with Gasteiger partial charge < -0.3 is 17.2 Å². The molecule has 0 spiro atoms. The lowest BCUT2D eigenvalue weighted by atomic mass is 10.0. The van der Waals surface area contributed by atoms with E-state index in [1.54, 1.807) is 0 Å². The lowest BCUT2D eigenvalue weighted by molar-refractivity contribution is 0.966. The van der Waals surface area contributed by atoms with Gasteiger partial charge in [-0.3, -0.25) is 15.3 Å². The van der Waals surface area contributed by atoms with Crippen LogP contribution < -0.4 is 17.2 Å². The van der Waals surface area contributed by atoms with Crippen LogP contribution in [-0.2, 0) is 0 Å². The van der Waals surface area contributed by atoms with E-state index in [1.807, 2.05) is 196 Å². The Bertz CT molecular complexity index is 4070. The Balaban J connectivity index is 0.000000108. The number of hydrogen-bond acceptors (Lipinski definition) is 15. The summed E-state index contributed by atoms with van der Waals surface area (Å²) in [5.74, 6) is 1.22. The standard InChI is InChI=1S/3C18H13N7/c3*19-17-12-10-13(20-22-18(12)23-21-17)15-14-8-4-5-9-25(14)24-16(15)11-6-2-1-3-7-11/h3*1-10H,(H3,19,21,22,23). The van der Waals surface area contributed by atoms with Gasteiger partial charge in [-0.15, -0.1) is 30.6 Å². The van der Waals surface area contributed by atoms with Crippen LogP contribution in [0.2, 0.25) is 0 Å². The number of H-pyrrole nitrogens is 3. The number of nitrogens with zero attached hydrogens (tertiary/aromatic N) is 15. The van der Waals surface area contributed by atoms with Gasteiger partial charge in [-0.1, -0.05) is 109 Å². The van der Waals surface area contributed by atoms with Crippen LogP contribution in [0.25, 0.3) is 117 Å². The molecule has 0 radical (unpaired) electrons. The maximum Gasteiger partial charge on any atom is 0.180 e. The van der Waals surface area contributed by atoms with Gasteiger partial charge in [-0.05, 0) is 54.6 Å². The van der Waals surface area contributed by atoms with Crippen molar-refractivity contribution in [2.45, 2.75) is 0 Å². The first-order chi connectivity index (χ1) is 36.9. The van der Waals surface area contributed by atoms with Crippen molar-refractivity contribution in [2.24, 2.45) is 0 Å². The number of anilines is 3. The molecule has 0 saturated heterocycles. The average molecular weight is 982 g/mol. The number of hydrogen-bond donors (Lipinski definition) is 6. The SMILES string of the molecule is Nc1n[nH]c2nnc(-c3c(-c4ccccc4)nn4ccccc34)cc12.Nc1n[nH]c2nnc(-c3c(-c4ccccc4)nn4ccccc34)cc12.Nc1n[nH]c2nnc(-c3c(-c4ccccc4)nn4ccccc34)cc12. The predicted octanol–water partition coefficient (Wildman–Crippen LogP) is 8.75. The van der Waals surface area contributed by atoms with Crippen LogP contribution in [0.1, 0.15) is 0 Å². The molecule has 12 aromatic heterocycles. The molecular formula is C54H39N21. The largest absolute Gasteiger partial charge is 0.382 e. The topological polar surface area (TPSA) is 293 Å². The lowest BCUT2D eigenvalue weighted by Crippen LogP contribution is -1.91. The number of pyridine rings is 3. The molecule has 0 fully saturated rings. The molecule has 0 aliphatic heterocycles. The summed E-state index contributed by atoms with van der Waals surface area (Å²) in [4.78, 5) is 0. The molecule has 0 amide bonds. The number of nitrogens with one attached hydrogen (secondary N) is 3. The molecule has 12 heterocycles. The highest BCUT2D eigenvalue weighted by Gasteiger charge is 2.22. The summed E-state index contributed by atoms with van der Waals surface area (Å²) >= 11 is 0. The number of benzene rings is 3. The van der Waals surface area contributed by atoms with Gasteiger partial charge in [0.2, 0.25) is 0 Å². The number of nitrogen functional groups attached to an aromatic ring is 3. The second-order valence-corrected chi connectivity index (χ2v) is 17.2. The fraction of sp³-hybridized carbons (Fsp3) is 0. The Morgan fingerprint density at radius 1 is 0.320 bits per heavy atom. The van der Waals surface area contributed by atoms with Crippen molar-refractivity contribution in [3.8, 4) is 67.5 Å². The molecular weight excluding hydrogens is 943 g/mol. The van der Waals surface area contributed by atoms with E-state index in [-0.39, 0.29) is 0 Å². The molecule has 21 nitrogen and oxygen atoms in total. The molecule has 9 N–H and O–H groups in total. The fourth-order valence-electron chi connectivity index (χ4n) is 9.04. The summed E-state index contributed by atoms with van der Waals surface area (Å²) in [6, 6.07) is 53.6. The van der Waals surface area contributed by atoms with Crippen LogP contribution in [0.4, 0.5) is 17.5 Å². The number of aromatic nitrogens is 18. The van der Waals surface area contributed by atoms with Gasteiger partial charge in [0.1, 0.15) is 17.1 Å². The quantitative estimate of drug-likeness (QED) is 0.0907. The summed E-state index contributed by atoms with van der Waals surface area (Å²) in [6.45, 7) is 0. The van der Waals surface area contributed by atoms with Crippen molar-refractivity contribution < 1.29 is 0 Å². The van der Waals surface area contributed by atoms with E-state index in [0.717, 1.165) is 83.2 Å². The van der Waals surface area contributed by atoms with Crippen molar-refractivity contribution in [2.75, 3.05) is 17.2 Å². The summed E-state index contributed by atoms with van der Waals surface area (Å²) in [6.07, 6.45) is 5.76. The summed E-state index contributed by atoms with van der Waals surface area (Å²) in [5.41, 5.74) is 32.8. The van der Waals surface area contributed by atoms with Crippen molar-refractivity contribution >= 4 is 67.1 Å². The molecule has 15 rings (SSSR count). The molecule has 0 saturated carbocycles. The zero-order chi connectivity index (χ0) is 50.4. The molecule has 75 heavy (non-hydrogen) atoms. The van der Waals surface area contributed by atoms with Crippen LogP contribution >= 0.6 is 0 Å². The third kappa shape index (κ3) is 7.86. The third-order valence-corrected chi connectivity index (χ3v) is 12.6. The van der Waals surface area contributed by atoms with Gasteiger partial charge in [0.05, 0.1) is 66.5 Å². The molecule has 0 aliphatic carbocycles. The molecule has 21 heteroatoms. The van der Waals surface area contributed by atoms with E-state index < -0.39 is 0 Å². The number of nitrogens with two attached hydrogens (primary N) is 3. The first-order valence-electron chi connectivity index (χ1n) is 23.4. The van der Waals surface area contributed by atoms with Gasteiger partial charge in [-0.25, -0.2) is 13.5 Å². The Labute approximate surface area is 422 Å². The van der Waals surface area contributed by atoms with Gasteiger partial charge >= 0.3 is 0 Å². The zero-order valence-corrected chi connectivity index (χ0v) is 39.3. The minimum Gasteiger partial charge on any atom is -0.382 e. The highest BCUT2D eigenvalue weighted by molar-refractivity contribution is 5.98. The van der Waals surface area contributed by atoms with Gasteiger partial charge in [-0.2, -0.15) is 30.6 Å².